The predicted octanol–water partition coefficient (Wildman–Crippen LogP) is 2.29. The van der Waals surface area contributed by atoms with Crippen molar-refractivity contribution in [3.05, 3.63) is 53.4 Å². The number of ether oxygens (including phenoxy) is 2. The molecule has 1 aromatic carbocycles. The first-order valence-electron chi connectivity index (χ1n) is 10.6. The van der Waals surface area contributed by atoms with Crippen LogP contribution in [0.15, 0.2) is 52.1 Å². The lowest BCUT2D eigenvalue weighted by Crippen LogP contribution is -2.45. The van der Waals surface area contributed by atoms with E-state index in [0.717, 1.165) is 0 Å². The number of hydrogen-bond donors (Lipinski definition) is 0. The molecule has 172 valence electrons. The Hall–Kier alpha value is -2.27. The van der Waals surface area contributed by atoms with E-state index in [-0.39, 0.29) is 19.0 Å². The van der Waals surface area contributed by atoms with Crippen molar-refractivity contribution >= 4 is 33.2 Å². The van der Waals surface area contributed by atoms with E-state index >= 15 is 0 Å². The van der Waals surface area contributed by atoms with Gasteiger partial charge in [0.15, 0.2) is 0 Å². The average Bonchev–Trinajstić information content (AvgIpc) is 3.39. The highest BCUT2D eigenvalue weighted by Gasteiger charge is 2.36. The smallest absolute Gasteiger partial charge is 0.310 e. The molecule has 2 aliphatic heterocycles. The van der Waals surface area contributed by atoms with Gasteiger partial charge in [0.1, 0.15) is 4.21 Å². The van der Waals surface area contributed by atoms with Crippen molar-refractivity contribution in [3.63, 3.8) is 0 Å². The zero-order valence-electron chi connectivity index (χ0n) is 17.6. The van der Waals surface area contributed by atoms with Gasteiger partial charge in [0, 0.05) is 31.7 Å². The van der Waals surface area contributed by atoms with E-state index in [0.29, 0.717) is 48.9 Å². The van der Waals surface area contributed by atoms with E-state index in [1.165, 1.54) is 15.6 Å². The Bertz CT molecular complexity index is 1010. The monoisotopic (exact) mass is 478 g/mol. The number of sulfonamides is 1. The molecule has 1 atom stereocenters. The van der Waals surface area contributed by atoms with Crippen molar-refractivity contribution in [1.82, 2.24) is 9.21 Å². The zero-order valence-corrected chi connectivity index (χ0v) is 19.2. The standard InChI is InChI=1S/C22H26N2O6S2/c25-21(23-12-14-29-15-13-23)20(17-5-2-1-3-6-17)30-22(26)18-8-10-24(11-9-18)32(27,28)19-7-4-16-31-19/h1-7,16,18,20H,8-15H2/t20-/m1/s1. The summed E-state index contributed by atoms with van der Waals surface area (Å²) in [4.78, 5) is 27.8. The number of hydrogen-bond acceptors (Lipinski definition) is 7. The third kappa shape index (κ3) is 5.03. The number of piperidine rings is 1. The molecule has 0 unspecified atom stereocenters. The molecule has 0 bridgehead atoms. The number of benzene rings is 1. The second-order valence-electron chi connectivity index (χ2n) is 7.78. The van der Waals surface area contributed by atoms with E-state index in [1.54, 1.807) is 46.7 Å². The van der Waals surface area contributed by atoms with E-state index in [9.17, 15) is 18.0 Å². The maximum absolute atomic E-state index is 13.1. The molecule has 0 spiro atoms. The largest absolute Gasteiger partial charge is 0.447 e. The van der Waals surface area contributed by atoms with Crippen molar-refractivity contribution in [3.8, 4) is 0 Å². The number of amides is 1. The van der Waals surface area contributed by atoms with Crippen molar-refractivity contribution < 1.29 is 27.5 Å². The fourth-order valence-electron chi connectivity index (χ4n) is 3.92. The number of carbonyl (C=O) groups is 2. The minimum absolute atomic E-state index is 0.243. The fourth-order valence-corrected chi connectivity index (χ4v) is 6.53. The summed E-state index contributed by atoms with van der Waals surface area (Å²) in [5.74, 6) is -1.17. The molecule has 8 nitrogen and oxygen atoms in total. The molecule has 0 N–H and O–H groups in total. The van der Waals surface area contributed by atoms with Crippen molar-refractivity contribution in [2.24, 2.45) is 5.92 Å². The minimum Gasteiger partial charge on any atom is -0.447 e. The van der Waals surface area contributed by atoms with E-state index in [4.69, 9.17) is 9.47 Å². The van der Waals surface area contributed by atoms with Gasteiger partial charge in [-0.25, -0.2) is 8.42 Å². The molecule has 32 heavy (non-hydrogen) atoms. The summed E-state index contributed by atoms with van der Waals surface area (Å²) in [5.41, 5.74) is 0.620. The number of rotatable bonds is 6. The second kappa shape index (κ2) is 10.1. The molecule has 2 aromatic rings. The van der Waals surface area contributed by atoms with Crippen LogP contribution < -0.4 is 0 Å². The summed E-state index contributed by atoms with van der Waals surface area (Å²) in [6.07, 6.45) is -0.303. The average molecular weight is 479 g/mol. The molecule has 10 heteroatoms. The molecule has 2 aliphatic rings. The lowest BCUT2D eigenvalue weighted by atomic mass is 9.98. The van der Waals surface area contributed by atoms with Crippen LogP contribution in [0.2, 0.25) is 0 Å². The molecule has 0 radical (unpaired) electrons. The SMILES string of the molecule is O=C(O[C@@H](C(=O)N1CCOCC1)c1ccccc1)C1CCN(S(=O)(=O)c2cccs2)CC1. The maximum Gasteiger partial charge on any atom is 0.310 e. The van der Waals surface area contributed by atoms with Crippen LogP contribution in [0, 0.1) is 5.92 Å². The summed E-state index contributed by atoms with van der Waals surface area (Å²) in [6.45, 7) is 2.31. The summed E-state index contributed by atoms with van der Waals surface area (Å²) in [6, 6.07) is 12.3. The molecule has 1 amide bonds. The lowest BCUT2D eigenvalue weighted by Gasteiger charge is -2.32. The van der Waals surface area contributed by atoms with Gasteiger partial charge < -0.3 is 14.4 Å². The van der Waals surface area contributed by atoms with Gasteiger partial charge in [-0.2, -0.15) is 4.31 Å². The van der Waals surface area contributed by atoms with Gasteiger partial charge in [-0.05, 0) is 24.3 Å². The van der Waals surface area contributed by atoms with Crippen LogP contribution in [0.25, 0.3) is 0 Å². The number of morpholine rings is 1. The van der Waals surface area contributed by atoms with Crippen molar-refractivity contribution in [2.75, 3.05) is 39.4 Å². The Kier molecular flexibility index (Phi) is 7.24. The number of thiophene rings is 1. The van der Waals surface area contributed by atoms with Crippen LogP contribution >= 0.6 is 11.3 Å². The molecular weight excluding hydrogens is 452 g/mol. The van der Waals surface area contributed by atoms with Gasteiger partial charge >= 0.3 is 5.97 Å². The highest BCUT2D eigenvalue weighted by molar-refractivity contribution is 7.91. The third-order valence-corrected chi connectivity index (χ3v) is 9.03. The van der Waals surface area contributed by atoms with Crippen LogP contribution in [-0.2, 0) is 29.1 Å². The highest BCUT2D eigenvalue weighted by Crippen LogP contribution is 2.29. The summed E-state index contributed by atoms with van der Waals surface area (Å²) in [5, 5.41) is 1.73. The normalized spacial score (nSPS) is 19.4. The maximum atomic E-state index is 13.1. The van der Waals surface area contributed by atoms with E-state index in [2.05, 4.69) is 0 Å². The Balaban J connectivity index is 1.42. The molecular formula is C22H26N2O6S2. The minimum atomic E-state index is -3.53. The van der Waals surface area contributed by atoms with Crippen LogP contribution in [0.3, 0.4) is 0 Å². The highest BCUT2D eigenvalue weighted by atomic mass is 32.2. The molecule has 0 aliphatic carbocycles. The topological polar surface area (TPSA) is 93.2 Å². The van der Waals surface area contributed by atoms with E-state index in [1.807, 2.05) is 6.07 Å². The Labute approximate surface area is 191 Å². The summed E-state index contributed by atoms with van der Waals surface area (Å²) >= 11 is 1.18. The third-order valence-electron chi connectivity index (χ3n) is 5.76. The quantitative estimate of drug-likeness (QED) is 0.592. The van der Waals surface area contributed by atoms with Crippen molar-refractivity contribution in [1.29, 1.82) is 0 Å². The summed E-state index contributed by atoms with van der Waals surface area (Å²) < 4.78 is 38.2. The Morgan fingerprint density at radius 2 is 1.69 bits per heavy atom. The summed E-state index contributed by atoms with van der Waals surface area (Å²) in [7, 11) is -3.53. The Morgan fingerprint density at radius 3 is 2.31 bits per heavy atom. The number of nitrogens with zero attached hydrogens (tertiary/aromatic N) is 2. The van der Waals surface area contributed by atoms with Crippen molar-refractivity contribution in [2.45, 2.75) is 23.2 Å². The van der Waals surface area contributed by atoms with Gasteiger partial charge in [-0.1, -0.05) is 36.4 Å². The molecule has 0 saturated carbocycles. The first-order chi connectivity index (χ1) is 15.5. The molecule has 3 heterocycles. The van der Waals surface area contributed by atoms with Gasteiger partial charge in [-0.3, -0.25) is 9.59 Å². The molecule has 2 fully saturated rings. The Morgan fingerprint density at radius 1 is 1.00 bits per heavy atom. The number of carbonyl (C=O) groups excluding carboxylic acids is 2. The van der Waals surface area contributed by atoms with Gasteiger partial charge in [-0.15, -0.1) is 11.3 Å². The number of esters is 1. The van der Waals surface area contributed by atoms with Gasteiger partial charge in [0.05, 0.1) is 19.1 Å². The lowest BCUT2D eigenvalue weighted by molar-refractivity contribution is -0.166. The zero-order chi connectivity index (χ0) is 22.6. The van der Waals surface area contributed by atoms with Gasteiger partial charge in [0.25, 0.3) is 15.9 Å². The molecule has 2 saturated heterocycles. The van der Waals surface area contributed by atoms with Crippen LogP contribution in [0.1, 0.15) is 24.5 Å². The fraction of sp³-hybridized carbons (Fsp3) is 0.455. The second-order valence-corrected chi connectivity index (χ2v) is 10.9. The van der Waals surface area contributed by atoms with E-state index < -0.39 is 28.0 Å². The molecule has 4 rings (SSSR count). The van der Waals surface area contributed by atoms with Crippen LogP contribution in [0.4, 0.5) is 0 Å². The first kappa shape index (κ1) is 22.9. The first-order valence-corrected chi connectivity index (χ1v) is 12.9. The van der Waals surface area contributed by atoms with Crippen LogP contribution in [-0.4, -0.2) is 68.9 Å². The molecule has 1 aromatic heterocycles. The van der Waals surface area contributed by atoms with Crippen LogP contribution in [0.5, 0.6) is 0 Å². The predicted molar refractivity (Wildman–Crippen MR) is 118 cm³/mol. The van der Waals surface area contributed by atoms with Gasteiger partial charge in [0.2, 0.25) is 6.10 Å².